The van der Waals surface area contributed by atoms with Crippen molar-refractivity contribution in [2.24, 2.45) is 11.8 Å². The van der Waals surface area contributed by atoms with Crippen LogP contribution in [0, 0.1) is 11.8 Å². The molecule has 0 unspecified atom stereocenters. The molecule has 1 aliphatic rings. The van der Waals surface area contributed by atoms with Gasteiger partial charge in [0.25, 0.3) is 0 Å². The largest absolute Gasteiger partial charge is 0.491 e. The summed E-state index contributed by atoms with van der Waals surface area (Å²) < 4.78 is 10.1. The fraction of sp³-hybridized carbons (Fsp3) is 0.455. The predicted molar refractivity (Wildman–Crippen MR) is 105 cm³/mol. The molecule has 1 aromatic carbocycles. The van der Waals surface area contributed by atoms with Gasteiger partial charge in [-0.3, -0.25) is 9.59 Å². The number of para-hydroxylation sites is 1. The van der Waals surface area contributed by atoms with E-state index in [2.05, 4.69) is 4.74 Å². The molecule has 28 heavy (non-hydrogen) atoms. The second-order valence-corrected chi connectivity index (χ2v) is 6.82. The molecule has 1 aliphatic carbocycles. The summed E-state index contributed by atoms with van der Waals surface area (Å²) in [7, 11) is 1.35. The summed E-state index contributed by atoms with van der Waals surface area (Å²) in [4.78, 5) is 23.3. The normalized spacial score (nSPS) is 23.4. The van der Waals surface area contributed by atoms with Crippen molar-refractivity contribution in [1.82, 2.24) is 0 Å². The van der Waals surface area contributed by atoms with Crippen LogP contribution in [0.25, 0.3) is 0 Å². The van der Waals surface area contributed by atoms with Gasteiger partial charge in [0.1, 0.15) is 24.2 Å². The van der Waals surface area contributed by atoms with Gasteiger partial charge in [0.15, 0.2) is 0 Å². The molecule has 0 saturated heterocycles. The molecule has 2 rings (SSSR count). The van der Waals surface area contributed by atoms with Crippen LogP contribution in [-0.4, -0.2) is 47.9 Å². The van der Waals surface area contributed by atoms with E-state index in [1.54, 1.807) is 24.3 Å². The Hall–Kier alpha value is -2.44. The Morgan fingerprint density at radius 3 is 2.75 bits per heavy atom. The maximum Gasteiger partial charge on any atom is 0.305 e. The predicted octanol–water partition coefficient (Wildman–Crippen LogP) is 2.45. The van der Waals surface area contributed by atoms with Crippen LogP contribution in [0.1, 0.15) is 25.7 Å². The number of methoxy groups -OCH3 is 1. The first-order chi connectivity index (χ1) is 13.5. The molecule has 0 amide bonds. The summed E-state index contributed by atoms with van der Waals surface area (Å²) in [5.74, 6) is -0.271. The highest BCUT2D eigenvalue weighted by Crippen LogP contribution is 2.33. The van der Waals surface area contributed by atoms with E-state index >= 15 is 0 Å². The average molecular weight is 388 g/mol. The SMILES string of the molecule is COC(=O)CC/C=C\C[C@H]1C(=O)C[C@@H](O)[C@@H]1/C=C/[C@@H](O)COc1ccccc1. The fourth-order valence-corrected chi connectivity index (χ4v) is 3.20. The quantitative estimate of drug-likeness (QED) is 0.472. The van der Waals surface area contributed by atoms with Gasteiger partial charge in [0.2, 0.25) is 0 Å². The molecule has 0 spiro atoms. The van der Waals surface area contributed by atoms with E-state index in [4.69, 9.17) is 4.74 Å². The zero-order valence-electron chi connectivity index (χ0n) is 16.1. The van der Waals surface area contributed by atoms with Gasteiger partial charge in [-0.25, -0.2) is 0 Å². The van der Waals surface area contributed by atoms with Crippen molar-refractivity contribution in [3.05, 3.63) is 54.6 Å². The molecule has 4 atom stereocenters. The summed E-state index contributed by atoms with van der Waals surface area (Å²) in [6.45, 7) is 0.0926. The first-order valence-corrected chi connectivity index (χ1v) is 9.48. The summed E-state index contributed by atoms with van der Waals surface area (Å²) in [6.07, 6.45) is 6.85. The molecule has 1 fully saturated rings. The van der Waals surface area contributed by atoms with Gasteiger partial charge in [0.05, 0.1) is 13.2 Å². The number of ketones is 1. The molecule has 6 nitrogen and oxygen atoms in total. The number of benzene rings is 1. The Kier molecular flexibility index (Phi) is 8.91. The molecule has 0 aliphatic heterocycles. The molecule has 2 N–H and O–H groups in total. The number of esters is 1. The molecular weight excluding hydrogens is 360 g/mol. The molecule has 0 bridgehead atoms. The van der Waals surface area contributed by atoms with Crippen molar-refractivity contribution in [3.8, 4) is 5.75 Å². The zero-order valence-corrected chi connectivity index (χ0v) is 16.1. The van der Waals surface area contributed by atoms with Crippen LogP contribution in [0.5, 0.6) is 5.75 Å². The number of hydrogen-bond acceptors (Lipinski definition) is 6. The van der Waals surface area contributed by atoms with Crippen LogP contribution in [0.15, 0.2) is 54.6 Å². The number of allylic oxidation sites excluding steroid dienone is 2. The third kappa shape index (κ3) is 6.94. The minimum absolute atomic E-state index is 0.00907. The fourth-order valence-electron chi connectivity index (χ4n) is 3.20. The summed E-state index contributed by atoms with van der Waals surface area (Å²) >= 11 is 0. The molecule has 0 aromatic heterocycles. The van der Waals surface area contributed by atoms with Crippen molar-refractivity contribution in [3.63, 3.8) is 0 Å². The van der Waals surface area contributed by atoms with E-state index in [0.717, 1.165) is 0 Å². The number of rotatable bonds is 10. The van der Waals surface area contributed by atoms with Crippen molar-refractivity contribution in [2.45, 2.75) is 37.9 Å². The van der Waals surface area contributed by atoms with Crippen molar-refractivity contribution < 1.29 is 29.3 Å². The highest BCUT2D eigenvalue weighted by Gasteiger charge is 2.39. The number of carbonyl (C=O) groups is 2. The number of ether oxygens (including phenoxy) is 2. The van der Waals surface area contributed by atoms with Crippen molar-refractivity contribution in [1.29, 1.82) is 0 Å². The van der Waals surface area contributed by atoms with Gasteiger partial charge in [-0.15, -0.1) is 0 Å². The Bertz CT molecular complexity index is 682. The molecule has 6 heteroatoms. The molecule has 152 valence electrons. The second kappa shape index (κ2) is 11.4. The first kappa shape index (κ1) is 21.9. The van der Waals surface area contributed by atoms with Crippen LogP contribution in [0.4, 0.5) is 0 Å². The minimum atomic E-state index is -0.834. The van der Waals surface area contributed by atoms with Gasteiger partial charge >= 0.3 is 5.97 Å². The van der Waals surface area contributed by atoms with Crippen LogP contribution in [0.3, 0.4) is 0 Å². The molecule has 0 heterocycles. The van der Waals surface area contributed by atoms with Crippen LogP contribution in [-0.2, 0) is 14.3 Å². The number of carbonyl (C=O) groups excluding carboxylic acids is 2. The van der Waals surface area contributed by atoms with Crippen LogP contribution in [0.2, 0.25) is 0 Å². The number of aliphatic hydroxyl groups is 2. The Morgan fingerprint density at radius 1 is 1.29 bits per heavy atom. The number of Topliss-reactive ketones (excluding diaryl/α,β-unsaturated/α-hetero) is 1. The van der Waals surface area contributed by atoms with Gasteiger partial charge in [0, 0.05) is 24.7 Å². The van der Waals surface area contributed by atoms with E-state index in [1.165, 1.54) is 7.11 Å². The molecule has 0 radical (unpaired) electrons. The monoisotopic (exact) mass is 388 g/mol. The maximum atomic E-state index is 12.2. The summed E-state index contributed by atoms with van der Waals surface area (Å²) in [5, 5.41) is 20.3. The molecule has 1 aromatic rings. The summed E-state index contributed by atoms with van der Waals surface area (Å²) in [5.41, 5.74) is 0. The second-order valence-electron chi connectivity index (χ2n) is 6.82. The number of aliphatic hydroxyl groups excluding tert-OH is 2. The zero-order chi connectivity index (χ0) is 20.4. The van der Waals surface area contributed by atoms with Crippen LogP contribution >= 0.6 is 0 Å². The lowest BCUT2D eigenvalue weighted by molar-refractivity contribution is -0.140. The van der Waals surface area contributed by atoms with Crippen molar-refractivity contribution >= 4 is 11.8 Å². The Labute approximate surface area is 165 Å². The van der Waals surface area contributed by atoms with Crippen LogP contribution < -0.4 is 4.74 Å². The standard InChI is InChI=1S/C22H28O6/c1-27-22(26)11-7-3-6-10-18-19(21(25)14-20(18)24)13-12-16(23)15-28-17-8-4-2-5-9-17/h2-6,8-9,12-13,16,18-19,21,23,25H,7,10-11,14-15H2,1H3/b6-3-,13-12+/t16-,18-,19-,21-/m1/s1. The highest BCUT2D eigenvalue weighted by molar-refractivity contribution is 5.84. The smallest absolute Gasteiger partial charge is 0.305 e. The van der Waals surface area contributed by atoms with E-state index < -0.39 is 12.2 Å². The first-order valence-electron chi connectivity index (χ1n) is 9.48. The number of hydrogen-bond donors (Lipinski definition) is 2. The lowest BCUT2D eigenvalue weighted by Crippen LogP contribution is -2.20. The van der Waals surface area contributed by atoms with Gasteiger partial charge in [-0.2, -0.15) is 0 Å². The van der Waals surface area contributed by atoms with Gasteiger partial charge in [-0.1, -0.05) is 42.5 Å². The third-order valence-corrected chi connectivity index (χ3v) is 4.75. The lowest BCUT2D eigenvalue weighted by Gasteiger charge is -2.17. The lowest BCUT2D eigenvalue weighted by atomic mass is 9.90. The van der Waals surface area contributed by atoms with Gasteiger partial charge < -0.3 is 19.7 Å². The Balaban J connectivity index is 1.84. The molecule has 1 saturated carbocycles. The highest BCUT2D eigenvalue weighted by atomic mass is 16.5. The average Bonchev–Trinajstić information content (AvgIpc) is 2.97. The molecular formula is C22H28O6. The van der Waals surface area contributed by atoms with E-state index in [1.807, 2.05) is 30.4 Å². The summed E-state index contributed by atoms with van der Waals surface area (Å²) in [6, 6.07) is 9.19. The van der Waals surface area contributed by atoms with E-state index in [9.17, 15) is 19.8 Å². The maximum absolute atomic E-state index is 12.2. The van der Waals surface area contributed by atoms with Crippen molar-refractivity contribution in [2.75, 3.05) is 13.7 Å². The van der Waals surface area contributed by atoms with E-state index in [-0.39, 0.29) is 36.6 Å². The Morgan fingerprint density at radius 2 is 2.04 bits per heavy atom. The van der Waals surface area contributed by atoms with Gasteiger partial charge in [-0.05, 0) is 25.0 Å². The topological polar surface area (TPSA) is 93.1 Å². The minimum Gasteiger partial charge on any atom is -0.491 e. The third-order valence-electron chi connectivity index (χ3n) is 4.75. The van der Waals surface area contributed by atoms with E-state index in [0.29, 0.717) is 25.0 Å².